The van der Waals surface area contributed by atoms with Crippen molar-refractivity contribution in [3.8, 4) is 17.7 Å². The molecule has 0 atom stereocenters. The largest absolute Gasteiger partial charge is 0.439 e. The van der Waals surface area contributed by atoms with Gasteiger partial charge in [-0.15, -0.1) is 0 Å². The number of nitrogen functional groups attached to an aromatic ring is 1. The van der Waals surface area contributed by atoms with Gasteiger partial charge in [-0.05, 0) is 24.6 Å². The fraction of sp³-hybridized carbons (Fsp3) is 0.312. The van der Waals surface area contributed by atoms with Gasteiger partial charge in [0, 0.05) is 5.92 Å². The van der Waals surface area contributed by atoms with Crippen molar-refractivity contribution >= 4 is 5.82 Å². The Morgan fingerprint density at radius 3 is 2.48 bits per heavy atom. The average Bonchev–Trinajstić information content (AvgIpc) is 2.45. The summed E-state index contributed by atoms with van der Waals surface area (Å²) in [5.41, 5.74) is 7.58. The van der Waals surface area contributed by atoms with E-state index in [9.17, 15) is 0 Å². The van der Waals surface area contributed by atoms with Crippen LogP contribution in [0.2, 0.25) is 0 Å². The fourth-order valence-electron chi connectivity index (χ4n) is 1.77. The SMILES string of the molecule is Cc1c(N)nc(C(C)C)nc1Oc1ccc(CC#N)cc1. The van der Waals surface area contributed by atoms with E-state index >= 15 is 0 Å². The van der Waals surface area contributed by atoms with Gasteiger partial charge in [0.2, 0.25) is 5.88 Å². The van der Waals surface area contributed by atoms with Crippen molar-refractivity contribution < 1.29 is 4.74 Å². The first-order valence-corrected chi connectivity index (χ1v) is 6.79. The molecule has 0 amide bonds. The van der Waals surface area contributed by atoms with Crippen LogP contribution in [0, 0.1) is 18.3 Å². The molecular formula is C16H18N4O. The van der Waals surface area contributed by atoms with Crippen LogP contribution in [0.15, 0.2) is 24.3 Å². The van der Waals surface area contributed by atoms with Crippen LogP contribution in [0.1, 0.15) is 36.7 Å². The minimum absolute atomic E-state index is 0.174. The molecule has 2 rings (SSSR count). The quantitative estimate of drug-likeness (QED) is 0.929. The van der Waals surface area contributed by atoms with E-state index < -0.39 is 0 Å². The topological polar surface area (TPSA) is 84.8 Å². The number of rotatable bonds is 4. The van der Waals surface area contributed by atoms with Crippen LogP contribution < -0.4 is 10.5 Å². The molecule has 0 fully saturated rings. The standard InChI is InChI=1S/C16H18N4O/c1-10(2)15-19-14(18)11(3)16(20-15)21-13-6-4-12(5-7-13)8-9-17/h4-7,10H,8H2,1-3H3,(H2,18,19,20). The summed E-state index contributed by atoms with van der Waals surface area (Å²) in [7, 11) is 0. The molecule has 0 bridgehead atoms. The summed E-state index contributed by atoms with van der Waals surface area (Å²) in [5, 5.41) is 8.66. The first-order valence-electron chi connectivity index (χ1n) is 6.79. The summed E-state index contributed by atoms with van der Waals surface area (Å²) in [6, 6.07) is 9.48. The van der Waals surface area contributed by atoms with E-state index in [4.69, 9.17) is 15.7 Å². The van der Waals surface area contributed by atoms with E-state index in [0.717, 1.165) is 11.1 Å². The summed E-state index contributed by atoms with van der Waals surface area (Å²) < 4.78 is 5.80. The molecule has 0 saturated carbocycles. The monoisotopic (exact) mass is 282 g/mol. The molecule has 5 nitrogen and oxygen atoms in total. The Bertz CT molecular complexity index is 672. The summed E-state index contributed by atoms with van der Waals surface area (Å²) in [4.78, 5) is 8.68. The molecule has 0 aliphatic carbocycles. The van der Waals surface area contributed by atoms with Gasteiger partial charge in [0.25, 0.3) is 0 Å². The number of aromatic nitrogens is 2. The first kappa shape index (κ1) is 14.8. The summed E-state index contributed by atoms with van der Waals surface area (Å²) in [6.45, 7) is 5.84. The van der Waals surface area contributed by atoms with E-state index in [2.05, 4.69) is 16.0 Å². The van der Waals surface area contributed by atoms with E-state index in [0.29, 0.717) is 29.7 Å². The molecule has 2 aromatic rings. The third kappa shape index (κ3) is 3.48. The number of anilines is 1. The maximum atomic E-state index is 8.66. The van der Waals surface area contributed by atoms with Gasteiger partial charge in [0.1, 0.15) is 17.4 Å². The van der Waals surface area contributed by atoms with Gasteiger partial charge < -0.3 is 10.5 Å². The molecule has 0 saturated heterocycles. The normalized spacial score (nSPS) is 10.4. The zero-order chi connectivity index (χ0) is 15.4. The fourth-order valence-corrected chi connectivity index (χ4v) is 1.77. The molecule has 0 radical (unpaired) electrons. The van der Waals surface area contributed by atoms with Crippen LogP contribution in [0.5, 0.6) is 11.6 Å². The van der Waals surface area contributed by atoms with E-state index in [1.54, 1.807) is 0 Å². The Hall–Kier alpha value is -2.61. The lowest BCUT2D eigenvalue weighted by Crippen LogP contribution is -2.06. The minimum Gasteiger partial charge on any atom is -0.439 e. The summed E-state index contributed by atoms with van der Waals surface area (Å²) in [6.07, 6.45) is 0.386. The number of nitrogens with zero attached hydrogens (tertiary/aromatic N) is 3. The molecule has 21 heavy (non-hydrogen) atoms. The van der Waals surface area contributed by atoms with Crippen molar-refractivity contribution in [2.45, 2.75) is 33.1 Å². The Balaban J connectivity index is 2.28. The maximum absolute atomic E-state index is 8.66. The molecule has 1 heterocycles. The Labute approximate surface area is 124 Å². The maximum Gasteiger partial charge on any atom is 0.227 e. The Morgan fingerprint density at radius 2 is 1.90 bits per heavy atom. The van der Waals surface area contributed by atoms with Crippen molar-refractivity contribution in [1.29, 1.82) is 5.26 Å². The van der Waals surface area contributed by atoms with Gasteiger partial charge in [0.05, 0.1) is 18.1 Å². The molecule has 2 N–H and O–H groups in total. The summed E-state index contributed by atoms with van der Waals surface area (Å²) >= 11 is 0. The molecule has 0 unspecified atom stereocenters. The number of hydrogen-bond donors (Lipinski definition) is 1. The van der Waals surface area contributed by atoms with Crippen LogP contribution in [-0.2, 0) is 6.42 Å². The lowest BCUT2D eigenvalue weighted by atomic mass is 10.2. The van der Waals surface area contributed by atoms with Crippen LogP contribution in [0.25, 0.3) is 0 Å². The molecule has 0 spiro atoms. The van der Waals surface area contributed by atoms with Gasteiger partial charge >= 0.3 is 0 Å². The summed E-state index contributed by atoms with van der Waals surface area (Å²) in [5.74, 6) is 2.40. The van der Waals surface area contributed by atoms with E-state index in [1.165, 1.54) is 0 Å². The van der Waals surface area contributed by atoms with Crippen molar-refractivity contribution in [2.75, 3.05) is 5.73 Å². The van der Waals surface area contributed by atoms with E-state index in [-0.39, 0.29) is 5.92 Å². The predicted octanol–water partition coefficient (Wildman–Crippen LogP) is 3.35. The van der Waals surface area contributed by atoms with Gasteiger partial charge in [0.15, 0.2) is 0 Å². The van der Waals surface area contributed by atoms with Gasteiger partial charge in [-0.1, -0.05) is 26.0 Å². The highest BCUT2D eigenvalue weighted by molar-refractivity contribution is 5.46. The molecule has 1 aromatic carbocycles. The predicted molar refractivity (Wildman–Crippen MR) is 81.1 cm³/mol. The molecular weight excluding hydrogens is 264 g/mol. The lowest BCUT2D eigenvalue weighted by molar-refractivity contribution is 0.453. The second-order valence-corrected chi connectivity index (χ2v) is 5.13. The van der Waals surface area contributed by atoms with Crippen molar-refractivity contribution in [2.24, 2.45) is 0 Å². The molecule has 0 aliphatic rings. The van der Waals surface area contributed by atoms with Crippen LogP contribution >= 0.6 is 0 Å². The molecule has 5 heteroatoms. The number of ether oxygens (including phenoxy) is 1. The van der Waals surface area contributed by atoms with Crippen molar-refractivity contribution in [3.05, 3.63) is 41.2 Å². The Morgan fingerprint density at radius 1 is 1.24 bits per heavy atom. The number of benzene rings is 1. The zero-order valence-electron chi connectivity index (χ0n) is 12.4. The van der Waals surface area contributed by atoms with Gasteiger partial charge in [-0.25, -0.2) is 4.98 Å². The van der Waals surface area contributed by atoms with Crippen LogP contribution in [0.3, 0.4) is 0 Å². The highest BCUT2D eigenvalue weighted by Gasteiger charge is 2.13. The first-order chi connectivity index (χ1) is 10.0. The smallest absolute Gasteiger partial charge is 0.227 e. The zero-order valence-corrected chi connectivity index (χ0v) is 12.4. The second-order valence-electron chi connectivity index (χ2n) is 5.13. The third-order valence-electron chi connectivity index (χ3n) is 3.09. The van der Waals surface area contributed by atoms with Crippen molar-refractivity contribution in [1.82, 2.24) is 9.97 Å². The average molecular weight is 282 g/mol. The number of nitrogens with two attached hydrogens (primary N) is 1. The number of hydrogen-bond acceptors (Lipinski definition) is 5. The minimum atomic E-state index is 0.174. The number of nitriles is 1. The van der Waals surface area contributed by atoms with Gasteiger partial charge in [-0.2, -0.15) is 10.2 Å². The lowest BCUT2D eigenvalue weighted by Gasteiger charge is -2.12. The Kier molecular flexibility index (Phi) is 4.39. The van der Waals surface area contributed by atoms with Crippen LogP contribution in [-0.4, -0.2) is 9.97 Å². The van der Waals surface area contributed by atoms with Crippen LogP contribution in [0.4, 0.5) is 5.82 Å². The van der Waals surface area contributed by atoms with E-state index in [1.807, 2.05) is 45.0 Å². The second kappa shape index (κ2) is 6.23. The van der Waals surface area contributed by atoms with Crippen molar-refractivity contribution in [3.63, 3.8) is 0 Å². The highest BCUT2D eigenvalue weighted by Crippen LogP contribution is 2.27. The third-order valence-corrected chi connectivity index (χ3v) is 3.09. The molecule has 1 aromatic heterocycles. The van der Waals surface area contributed by atoms with Gasteiger partial charge in [-0.3, -0.25) is 0 Å². The highest BCUT2D eigenvalue weighted by atomic mass is 16.5. The molecule has 108 valence electrons. The molecule has 0 aliphatic heterocycles.